The first-order chi connectivity index (χ1) is 10.1. The molecule has 0 unspecified atom stereocenters. The summed E-state index contributed by atoms with van der Waals surface area (Å²) in [6, 6.07) is 0. The Labute approximate surface area is 127 Å². The summed E-state index contributed by atoms with van der Waals surface area (Å²) in [7, 11) is 0. The molecular weight excluding hydrogens is 292 g/mol. The van der Waals surface area contributed by atoms with Crippen LogP contribution in [-0.4, -0.2) is 31.3 Å². The lowest BCUT2D eigenvalue weighted by molar-refractivity contribution is 0.464. The van der Waals surface area contributed by atoms with Crippen LogP contribution >= 0.6 is 11.6 Å². The van der Waals surface area contributed by atoms with Crippen LogP contribution in [0.3, 0.4) is 0 Å². The van der Waals surface area contributed by atoms with Gasteiger partial charge in [0.05, 0.1) is 18.1 Å². The van der Waals surface area contributed by atoms with Crippen molar-refractivity contribution in [1.29, 1.82) is 0 Å². The summed E-state index contributed by atoms with van der Waals surface area (Å²) in [5.41, 5.74) is 0.312. The number of nitrogens with one attached hydrogen (secondary N) is 1. The Morgan fingerprint density at radius 3 is 2.90 bits per heavy atom. The van der Waals surface area contributed by atoms with Gasteiger partial charge in [-0.25, -0.2) is 4.68 Å². The number of hydrogen-bond acceptors (Lipinski definition) is 5. The first-order valence-corrected chi connectivity index (χ1v) is 7.29. The predicted octanol–water partition coefficient (Wildman–Crippen LogP) is 1.65. The number of anilines is 1. The number of aromatic nitrogens is 5. The first-order valence-electron chi connectivity index (χ1n) is 6.91. The number of hydrogen-bond donors (Lipinski definition) is 1. The summed E-state index contributed by atoms with van der Waals surface area (Å²) in [4.78, 5) is 12.1. The van der Waals surface area contributed by atoms with Crippen LogP contribution in [0.4, 0.5) is 5.69 Å². The molecule has 7 nitrogen and oxygen atoms in total. The lowest BCUT2D eigenvalue weighted by Crippen LogP contribution is -2.26. The van der Waals surface area contributed by atoms with E-state index >= 15 is 0 Å². The molecule has 1 N–H and O–H groups in total. The van der Waals surface area contributed by atoms with Crippen LogP contribution in [0.1, 0.15) is 20.3 Å². The SMILES string of the molecule is CC(C)Cn1ncc(NCCCn2ccnn2)c(Cl)c1=O. The van der Waals surface area contributed by atoms with E-state index in [2.05, 4.69) is 20.7 Å². The minimum atomic E-state index is -0.258. The molecule has 0 amide bonds. The van der Waals surface area contributed by atoms with Crippen LogP contribution in [0.15, 0.2) is 23.4 Å². The van der Waals surface area contributed by atoms with Gasteiger partial charge in [-0.3, -0.25) is 9.48 Å². The molecule has 0 saturated carbocycles. The molecule has 2 rings (SSSR count). The van der Waals surface area contributed by atoms with E-state index in [0.717, 1.165) is 13.0 Å². The van der Waals surface area contributed by atoms with Gasteiger partial charge in [0.2, 0.25) is 0 Å². The number of aryl methyl sites for hydroxylation is 1. The highest BCUT2D eigenvalue weighted by atomic mass is 35.5. The van der Waals surface area contributed by atoms with Crippen molar-refractivity contribution in [3.05, 3.63) is 34.0 Å². The molecule has 0 aliphatic heterocycles. The molecule has 0 fully saturated rings. The quantitative estimate of drug-likeness (QED) is 0.787. The van der Waals surface area contributed by atoms with Gasteiger partial charge in [0.25, 0.3) is 5.56 Å². The number of halogens is 1. The van der Waals surface area contributed by atoms with E-state index in [9.17, 15) is 4.79 Å². The highest BCUT2D eigenvalue weighted by Gasteiger charge is 2.09. The van der Waals surface area contributed by atoms with Crippen molar-refractivity contribution < 1.29 is 0 Å². The van der Waals surface area contributed by atoms with Crippen LogP contribution in [-0.2, 0) is 13.1 Å². The second-order valence-electron chi connectivity index (χ2n) is 5.20. The molecule has 0 aliphatic carbocycles. The highest BCUT2D eigenvalue weighted by molar-refractivity contribution is 6.32. The standard InChI is InChI=1S/C13H19ClN6O/c1-10(2)9-20-13(21)12(14)11(8-17-20)15-4-3-6-19-7-5-16-18-19/h5,7-8,10,15H,3-4,6,9H2,1-2H3. The Balaban J connectivity index is 1.91. The molecule has 8 heteroatoms. The molecule has 0 aromatic carbocycles. The molecule has 0 spiro atoms. The van der Waals surface area contributed by atoms with Gasteiger partial charge in [0.15, 0.2) is 0 Å². The van der Waals surface area contributed by atoms with Crippen molar-refractivity contribution in [1.82, 2.24) is 24.8 Å². The third-order valence-corrected chi connectivity index (χ3v) is 3.24. The predicted molar refractivity (Wildman–Crippen MR) is 81.5 cm³/mol. The third-order valence-electron chi connectivity index (χ3n) is 2.87. The fourth-order valence-electron chi connectivity index (χ4n) is 1.88. The van der Waals surface area contributed by atoms with Crippen molar-refractivity contribution in [2.75, 3.05) is 11.9 Å². The van der Waals surface area contributed by atoms with Crippen molar-refractivity contribution >= 4 is 17.3 Å². The average molecular weight is 311 g/mol. The number of rotatable bonds is 7. The molecule has 2 aromatic heterocycles. The molecular formula is C13H19ClN6O. The van der Waals surface area contributed by atoms with Gasteiger partial charge in [-0.2, -0.15) is 5.10 Å². The van der Waals surface area contributed by atoms with Gasteiger partial charge in [0.1, 0.15) is 5.02 Å². The minimum Gasteiger partial charge on any atom is -0.382 e. The summed E-state index contributed by atoms with van der Waals surface area (Å²) < 4.78 is 3.15. The summed E-state index contributed by atoms with van der Waals surface area (Å²) in [5.74, 6) is 0.341. The normalized spacial score (nSPS) is 11.0. The lowest BCUT2D eigenvalue weighted by atomic mass is 10.2. The molecule has 114 valence electrons. The summed E-state index contributed by atoms with van der Waals surface area (Å²) in [5, 5.41) is 15.1. The van der Waals surface area contributed by atoms with E-state index in [-0.39, 0.29) is 10.6 Å². The summed E-state index contributed by atoms with van der Waals surface area (Å²) >= 11 is 6.10. The van der Waals surface area contributed by atoms with E-state index in [1.165, 1.54) is 4.68 Å². The van der Waals surface area contributed by atoms with Crippen LogP contribution in [0.2, 0.25) is 5.02 Å². The monoisotopic (exact) mass is 310 g/mol. The van der Waals surface area contributed by atoms with Crippen LogP contribution in [0.5, 0.6) is 0 Å². The molecule has 2 aromatic rings. The Hall–Kier alpha value is -1.89. The van der Waals surface area contributed by atoms with Crippen LogP contribution in [0, 0.1) is 5.92 Å². The molecule has 0 saturated heterocycles. The van der Waals surface area contributed by atoms with Gasteiger partial charge >= 0.3 is 0 Å². The summed E-state index contributed by atoms with van der Waals surface area (Å²) in [6.45, 7) is 6.04. The van der Waals surface area contributed by atoms with Crippen molar-refractivity contribution in [3.63, 3.8) is 0 Å². The highest BCUT2D eigenvalue weighted by Crippen LogP contribution is 2.15. The summed E-state index contributed by atoms with van der Waals surface area (Å²) in [6.07, 6.45) is 5.89. The second-order valence-corrected chi connectivity index (χ2v) is 5.58. The largest absolute Gasteiger partial charge is 0.382 e. The van der Waals surface area contributed by atoms with Crippen molar-refractivity contribution in [2.24, 2.45) is 5.92 Å². The van der Waals surface area contributed by atoms with Crippen molar-refractivity contribution in [3.8, 4) is 0 Å². The van der Waals surface area contributed by atoms with Gasteiger partial charge in [0, 0.05) is 25.8 Å². The molecule has 21 heavy (non-hydrogen) atoms. The van der Waals surface area contributed by atoms with E-state index in [1.54, 1.807) is 17.1 Å². The minimum absolute atomic E-state index is 0.186. The Bertz CT molecular complexity index is 622. The molecule has 0 aliphatic rings. The zero-order chi connectivity index (χ0) is 15.2. The molecule has 0 atom stereocenters. The Morgan fingerprint density at radius 1 is 1.43 bits per heavy atom. The smallest absolute Gasteiger partial charge is 0.287 e. The Kier molecular flexibility index (Phi) is 5.32. The second kappa shape index (κ2) is 7.21. The average Bonchev–Trinajstić information content (AvgIpc) is 2.95. The van der Waals surface area contributed by atoms with Gasteiger partial charge < -0.3 is 5.32 Å². The zero-order valence-corrected chi connectivity index (χ0v) is 12.9. The fourth-order valence-corrected chi connectivity index (χ4v) is 2.09. The lowest BCUT2D eigenvalue weighted by Gasteiger charge is -2.11. The topological polar surface area (TPSA) is 77.6 Å². The maximum Gasteiger partial charge on any atom is 0.287 e. The van der Waals surface area contributed by atoms with E-state index in [1.807, 2.05) is 20.0 Å². The van der Waals surface area contributed by atoms with Gasteiger partial charge in [-0.1, -0.05) is 30.7 Å². The maximum absolute atomic E-state index is 12.1. The zero-order valence-electron chi connectivity index (χ0n) is 12.2. The maximum atomic E-state index is 12.1. The van der Waals surface area contributed by atoms with E-state index in [0.29, 0.717) is 24.7 Å². The molecule has 2 heterocycles. The Morgan fingerprint density at radius 2 is 2.24 bits per heavy atom. The van der Waals surface area contributed by atoms with E-state index in [4.69, 9.17) is 11.6 Å². The van der Waals surface area contributed by atoms with Gasteiger partial charge in [-0.15, -0.1) is 5.10 Å². The number of nitrogens with zero attached hydrogens (tertiary/aromatic N) is 5. The van der Waals surface area contributed by atoms with Crippen LogP contribution < -0.4 is 10.9 Å². The molecule has 0 radical (unpaired) electrons. The molecule has 0 bridgehead atoms. The fraction of sp³-hybridized carbons (Fsp3) is 0.538. The van der Waals surface area contributed by atoms with Crippen LogP contribution in [0.25, 0.3) is 0 Å². The van der Waals surface area contributed by atoms with E-state index < -0.39 is 0 Å². The third kappa shape index (κ3) is 4.29. The first kappa shape index (κ1) is 15.5. The van der Waals surface area contributed by atoms with Crippen molar-refractivity contribution in [2.45, 2.75) is 33.4 Å². The van der Waals surface area contributed by atoms with Gasteiger partial charge in [-0.05, 0) is 12.3 Å².